The first-order chi connectivity index (χ1) is 9.97. The highest BCUT2D eigenvalue weighted by atomic mass is 32.2. The Kier molecular flexibility index (Phi) is 3.13. The van der Waals surface area contributed by atoms with Crippen molar-refractivity contribution in [3.8, 4) is 0 Å². The molecule has 0 fully saturated rings. The molecule has 2 heterocycles. The highest BCUT2D eigenvalue weighted by Gasteiger charge is 2.19. The maximum Gasteiger partial charge on any atom is 0.263 e. The number of sulfonamides is 1. The number of pyridine rings is 1. The van der Waals surface area contributed by atoms with Crippen molar-refractivity contribution in [2.45, 2.75) is 18.7 Å². The monoisotopic (exact) mass is 302 g/mol. The van der Waals surface area contributed by atoms with Crippen LogP contribution in [0.3, 0.4) is 0 Å². The van der Waals surface area contributed by atoms with Crippen molar-refractivity contribution >= 4 is 26.7 Å². The average molecular weight is 302 g/mol. The van der Waals surface area contributed by atoms with Crippen LogP contribution in [0.15, 0.2) is 41.4 Å². The third-order valence-corrected chi connectivity index (χ3v) is 4.58. The zero-order chi connectivity index (χ0) is 15.0. The van der Waals surface area contributed by atoms with Gasteiger partial charge in [0.05, 0.1) is 10.4 Å². The molecule has 3 aromatic rings. The van der Waals surface area contributed by atoms with Gasteiger partial charge in [0.2, 0.25) is 0 Å². The van der Waals surface area contributed by atoms with E-state index in [1.807, 2.05) is 6.92 Å². The number of nitrogens with zero attached hydrogens (tertiary/aromatic N) is 2. The molecule has 108 valence electrons. The number of anilines is 1. The van der Waals surface area contributed by atoms with Crippen molar-refractivity contribution in [1.82, 2.24) is 15.2 Å². The molecule has 0 radical (unpaired) electrons. The van der Waals surface area contributed by atoms with Gasteiger partial charge in [0.15, 0.2) is 5.82 Å². The van der Waals surface area contributed by atoms with Crippen molar-refractivity contribution in [3.63, 3.8) is 0 Å². The van der Waals surface area contributed by atoms with Crippen LogP contribution in [0, 0.1) is 13.8 Å². The van der Waals surface area contributed by atoms with Gasteiger partial charge in [-0.1, -0.05) is 6.07 Å². The highest BCUT2D eigenvalue weighted by molar-refractivity contribution is 7.93. The maximum atomic E-state index is 12.5. The number of aromatic nitrogens is 3. The minimum atomic E-state index is -3.72. The Bertz CT molecular complexity index is 916. The smallest absolute Gasteiger partial charge is 0.263 e. The molecule has 0 aliphatic heterocycles. The number of nitrogens with one attached hydrogen (secondary N) is 2. The Morgan fingerprint density at radius 1 is 1.19 bits per heavy atom. The Morgan fingerprint density at radius 3 is 2.71 bits per heavy atom. The number of hydrogen-bond acceptors (Lipinski definition) is 4. The van der Waals surface area contributed by atoms with Gasteiger partial charge in [-0.15, -0.1) is 0 Å². The SMILES string of the molecule is Cc1cc(NS(=O)(=O)c2ccc(C)c3ncccc23)n[nH]1. The molecule has 21 heavy (non-hydrogen) atoms. The fraction of sp³-hybridized carbons (Fsp3) is 0.143. The molecule has 0 aliphatic carbocycles. The normalized spacial score (nSPS) is 11.7. The Morgan fingerprint density at radius 2 is 2.00 bits per heavy atom. The molecule has 0 unspecified atom stereocenters. The molecule has 0 saturated heterocycles. The van der Waals surface area contributed by atoms with Gasteiger partial charge in [0.25, 0.3) is 10.0 Å². The number of aromatic amines is 1. The number of rotatable bonds is 3. The van der Waals surface area contributed by atoms with Gasteiger partial charge in [-0.3, -0.25) is 14.8 Å². The first kappa shape index (κ1) is 13.6. The lowest BCUT2D eigenvalue weighted by Gasteiger charge is -2.09. The lowest BCUT2D eigenvalue weighted by atomic mass is 10.1. The standard InChI is InChI=1S/C14H14N4O2S/c1-9-5-6-12(11-4-3-7-15-14(9)11)21(19,20)18-13-8-10(2)16-17-13/h3-8H,1-2H3,(H2,16,17,18). The molecular formula is C14H14N4O2S. The van der Waals surface area contributed by atoms with Crippen LogP contribution >= 0.6 is 0 Å². The van der Waals surface area contributed by atoms with Gasteiger partial charge in [0, 0.05) is 23.3 Å². The summed E-state index contributed by atoms with van der Waals surface area (Å²) in [5.41, 5.74) is 2.39. The van der Waals surface area contributed by atoms with Gasteiger partial charge in [-0.25, -0.2) is 8.42 Å². The van der Waals surface area contributed by atoms with E-state index >= 15 is 0 Å². The van der Waals surface area contributed by atoms with E-state index in [1.165, 1.54) is 0 Å². The Hall–Kier alpha value is -2.41. The van der Waals surface area contributed by atoms with E-state index in [1.54, 1.807) is 43.5 Å². The maximum absolute atomic E-state index is 12.5. The van der Waals surface area contributed by atoms with E-state index in [0.717, 1.165) is 11.3 Å². The minimum absolute atomic E-state index is 0.192. The van der Waals surface area contributed by atoms with Crippen LogP contribution in [0.4, 0.5) is 5.82 Å². The third-order valence-electron chi connectivity index (χ3n) is 3.17. The third kappa shape index (κ3) is 2.47. The zero-order valence-electron chi connectivity index (χ0n) is 11.6. The second-order valence-electron chi connectivity index (χ2n) is 4.82. The summed E-state index contributed by atoms with van der Waals surface area (Å²) in [7, 11) is -3.72. The van der Waals surface area contributed by atoms with E-state index < -0.39 is 10.0 Å². The Balaban J connectivity index is 2.13. The first-order valence-electron chi connectivity index (χ1n) is 6.36. The van der Waals surface area contributed by atoms with Gasteiger partial charge >= 0.3 is 0 Å². The fourth-order valence-electron chi connectivity index (χ4n) is 2.19. The van der Waals surface area contributed by atoms with Gasteiger partial charge in [-0.05, 0) is 37.6 Å². The fourth-order valence-corrected chi connectivity index (χ4v) is 3.38. The predicted octanol–water partition coefficient (Wildman–Crippen LogP) is 2.38. The van der Waals surface area contributed by atoms with Crippen LogP contribution in [-0.2, 0) is 10.0 Å². The summed E-state index contributed by atoms with van der Waals surface area (Å²) in [6, 6.07) is 8.44. The summed E-state index contributed by atoms with van der Waals surface area (Å²) in [5.74, 6) is 0.269. The molecule has 7 heteroatoms. The lowest BCUT2D eigenvalue weighted by molar-refractivity contribution is 0.602. The van der Waals surface area contributed by atoms with Gasteiger partial charge in [-0.2, -0.15) is 5.10 Å². The first-order valence-corrected chi connectivity index (χ1v) is 7.85. The Labute approximate surface area is 122 Å². The second kappa shape index (κ2) is 4.85. The molecule has 2 N–H and O–H groups in total. The zero-order valence-corrected chi connectivity index (χ0v) is 12.4. The van der Waals surface area contributed by atoms with E-state index in [4.69, 9.17) is 0 Å². The van der Waals surface area contributed by atoms with Gasteiger partial charge < -0.3 is 0 Å². The molecule has 3 rings (SSSR count). The molecule has 6 nitrogen and oxygen atoms in total. The van der Waals surface area contributed by atoms with Crippen LogP contribution in [0.2, 0.25) is 0 Å². The molecule has 0 atom stereocenters. The van der Waals surface area contributed by atoms with Gasteiger partial charge in [0.1, 0.15) is 0 Å². The van der Waals surface area contributed by atoms with E-state index in [2.05, 4.69) is 19.9 Å². The average Bonchev–Trinajstić information content (AvgIpc) is 2.83. The number of aryl methyl sites for hydroxylation is 2. The largest absolute Gasteiger partial charge is 0.281 e. The molecule has 0 spiro atoms. The van der Waals surface area contributed by atoms with Crippen LogP contribution in [0.1, 0.15) is 11.3 Å². The molecule has 0 amide bonds. The summed E-state index contributed by atoms with van der Waals surface area (Å²) in [5, 5.41) is 7.19. The molecule has 0 bridgehead atoms. The van der Waals surface area contributed by atoms with E-state index in [9.17, 15) is 8.42 Å². The van der Waals surface area contributed by atoms with Crippen molar-refractivity contribution in [1.29, 1.82) is 0 Å². The second-order valence-corrected chi connectivity index (χ2v) is 6.47. The molecule has 0 aliphatic rings. The van der Waals surface area contributed by atoms with E-state index in [0.29, 0.717) is 10.9 Å². The van der Waals surface area contributed by atoms with Crippen molar-refractivity contribution in [2.24, 2.45) is 0 Å². The summed E-state index contributed by atoms with van der Waals surface area (Å²) in [6.07, 6.45) is 1.65. The summed E-state index contributed by atoms with van der Waals surface area (Å²) in [4.78, 5) is 4.44. The van der Waals surface area contributed by atoms with E-state index in [-0.39, 0.29) is 10.7 Å². The number of hydrogen-bond donors (Lipinski definition) is 2. The topological polar surface area (TPSA) is 87.7 Å². The molecule has 2 aromatic heterocycles. The minimum Gasteiger partial charge on any atom is -0.281 e. The molecule has 1 aromatic carbocycles. The van der Waals surface area contributed by atoms with Crippen LogP contribution in [0.5, 0.6) is 0 Å². The van der Waals surface area contributed by atoms with Crippen molar-refractivity contribution in [2.75, 3.05) is 4.72 Å². The summed E-state index contributed by atoms with van der Waals surface area (Å²) in [6.45, 7) is 3.70. The number of benzene rings is 1. The number of fused-ring (bicyclic) bond motifs is 1. The van der Waals surface area contributed by atoms with Crippen molar-refractivity contribution < 1.29 is 8.42 Å². The quantitative estimate of drug-likeness (QED) is 0.777. The predicted molar refractivity (Wildman–Crippen MR) is 80.6 cm³/mol. The highest BCUT2D eigenvalue weighted by Crippen LogP contribution is 2.25. The lowest BCUT2D eigenvalue weighted by Crippen LogP contribution is -2.14. The van der Waals surface area contributed by atoms with Crippen LogP contribution < -0.4 is 4.72 Å². The number of H-pyrrole nitrogens is 1. The summed E-state index contributed by atoms with van der Waals surface area (Å²) >= 11 is 0. The molecular weight excluding hydrogens is 288 g/mol. The van der Waals surface area contributed by atoms with Crippen molar-refractivity contribution in [3.05, 3.63) is 47.8 Å². The van der Waals surface area contributed by atoms with Crippen LogP contribution in [-0.4, -0.2) is 23.6 Å². The van der Waals surface area contributed by atoms with Crippen LogP contribution in [0.25, 0.3) is 10.9 Å². The summed E-state index contributed by atoms with van der Waals surface area (Å²) < 4.78 is 27.6. The molecule has 0 saturated carbocycles.